The van der Waals surface area contributed by atoms with Crippen molar-refractivity contribution in [3.8, 4) is 5.88 Å². The normalized spacial score (nSPS) is 14.8. The number of hydrogen-bond donors (Lipinski definition) is 3. The van der Waals surface area contributed by atoms with Crippen LogP contribution in [0.3, 0.4) is 0 Å². The molecule has 94 valence electrons. The summed E-state index contributed by atoms with van der Waals surface area (Å²) in [7, 11) is 0. The summed E-state index contributed by atoms with van der Waals surface area (Å²) in [6.07, 6.45) is 4.78. The molecule has 0 saturated heterocycles. The van der Waals surface area contributed by atoms with E-state index in [1.54, 1.807) is 18.5 Å². The molecule has 0 spiro atoms. The highest BCUT2D eigenvalue weighted by Crippen LogP contribution is 2.30. The molecular weight excluding hydrogens is 264 g/mol. The first-order valence-corrected chi connectivity index (χ1v) is 5.83. The summed E-state index contributed by atoms with van der Waals surface area (Å²) in [5.41, 5.74) is 1.16. The number of allylic oxidation sites excluding steroid dienone is 1. The first-order chi connectivity index (χ1) is 9.15. The second-order valence-corrected chi connectivity index (χ2v) is 4.31. The molecular formula is C12H8N4O2S. The highest BCUT2D eigenvalue weighted by molar-refractivity contribution is 7.71. The summed E-state index contributed by atoms with van der Waals surface area (Å²) in [6, 6.07) is 3.63. The van der Waals surface area contributed by atoms with E-state index >= 15 is 0 Å². The first kappa shape index (κ1) is 11.5. The van der Waals surface area contributed by atoms with Crippen LogP contribution in [0.5, 0.6) is 5.88 Å². The Balaban J connectivity index is 2.18. The Bertz CT molecular complexity index is 832. The second-order valence-electron chi connectivity index (χ2n) is 3.90. The van der Waals surface area contributed by atoms with Gasteiger partial charge in [-0.1, -0.05) is 0 Å². The number of fused-ring (bicyclic) bond motifs is 1. The number of H-pyrrole nitrogens is 2. The lowest BCUT2D eigenvalue weighted by Gasteiger charge is -2.00. The van der Waals surface area contributed by atoms with Gasteiger partial charge in [-0.3, -0.25) is 9.78 Å². The van der Waals surface area contributed by atoms with Gasteiger partial charge in [0, 0.05) is 23.5 Å². The number of aromatic nitrogens is 3. The van der Waals surface area contributed by atoms with Gasteiger partial charge in [0.15, 0.2) is 10.6 Å². The number of nitrogens with zero attached hydrogens (tertiary/aromatic N) is 2. The Morgan fingerprint density at radius 1 is 1.37 bits per heavy atom. The molecule has 2 aromatic heterocycles. The predicted octanol–water partition coefficient (Wildman–Crippen LogP) is 1.79. The molecule has 0 bridgehead atoms. The van der Waals surface area contributed by atoms with Gasteiger partial charge in [0.25, 0.3) is 5.56 Å². The fourth-order valence-corrected chi connectivity index (χ4v) is 2.00. The van der Waals surface area contributed by atoms with Crippen LogP contribution in [0.2, 0.25) is 0 Å². The largest absolute Gasteiger partial charge is 0.494 e. The van der Waals surface area contributed by atoms with Gasteiger partial charge in [0.1, 0.15) is 5.56 Å². The van der Waals surface area contributed by atoms with E-state index in [0.717, 1.165) is 5.56 Å². The van der Waals surface area contributed by atoms with Gasteiger partial charge in [0.2, 0.25) is 5.88 Å². The molecule has 0 aliphatic carbocycles. The molecule has 0 atom stereocenters. The number of hydrogen-bond acceptors (Lipinski definition) is 5. The lowest BCUT2D eigenvalue weighted by atomic mass is 10.1. The van der Waals surface area contributed by atoms with Crippen molar-refractivity contribution in [2.24, 2.45) is 4.99 Å². The Hall–Kier alpha value is -2.54. The first-order valence-electron chi connectivity index (χ1n) is 5.42. The van der Waals surface area contributed by atoms with E-state index in [4.69, 9.17) is 12.2 Å². The van der Waals surface area contributed by atoms with Crippen LogP contribution in [0.1, 0.15) is 11.1 Å². The predicted molar refractivity (Wildman–Crippen MR) is 74.2 cm³/mol. The van der Waals surface area contributed by atoms with Crippen molar-refractivity contribution >= 4 is 35.9 Å². The zero-order chi connectivity index (χ0) is 13.4. The Labute approximate surface area is 112 Å². The molecule has 7 heteroatoms. The Morgan fingerprint density at radius 2 is 2.21 bits per heavy atom. The molecule has 2 aromatic rings. The maximum absolute atomic E-state index is 11.8. The van der Waals surface area contributed by atoms with Crippen molar-refractivity contribution in [1.29, 1.82) is 0 Å². The zero-order valence-corrected chi connectivity index (χ0v) is 10.4. The van der Waals surface area contributed by atoms with Crippen LogP contribution < -0.4 is 5.56 Å². The number of pyridine rings is 1. The maximum atomic E-state index is 11.8. The van der Waals surface area contributed by atoms with Crippen molar-refractivity contribution in [3.63, 3.8) is 0 Å². The van der Waals surface area contributed by atoms with Crippen LogP contribution in [0.25, 0.3) is 11.6 Å². The van der Waals surface area contributed by atoms with E-state index in [1.165, 1.54) is 6.08 Å². The van der Waals surface area contributed by atoms with Gasteiger partial charge < -0.3 is 10.1 Å². The summed E-state index contributed by atoms with van der Waals surface area (Å²) in [5.74, 6) is 0.320. The SMILES string of the molecule is O=c1[nH]c(=S)[nH]c(O)c1/C=C1\C=Nc2ncccc21. The zero-order valence-electron chi connectivity index (χ0n) is 9.54. The minimum absolute atomic E-state index is 0.0757. The van der Waals surface area contributed by atoms with Crippen LogP contribution in [-0.4, -0.2) is 26.3 Å². The van der Waals surface area contributed by atoms with Gasteiger partial charge in [-0.25, -0.2) is 9.98 Å². The van der Waals surface area contributed by atoms with Crippen molar-refractivity contribution in [1.82, 2.24) is 15.0 Å². The van der Waals surface area contributed by atoms with Crippen molar-refractivity contribution in [2.75, 3.05) is 0 Å². The van der Waals surface area contributed by atoms with E-state index in [0.29, 0.717) is 11.4 Å². The van der Waals surface area contributed by atoms with E-state index in [-0.39, 0.29) is 16.2 Å². The standard InChI is InChI=1S/C12H8N4O2S/c17-10-8(11(18)16-12(19)15-10)4-6-5-14-9-7(6)2-1-3-13-9/h1-5H,(H3,15,16,17,18,19)/b6-4+. The molecule has 0 amide bonds. The van der Waals surface area contributed by atoms with Crippen LogP contribution >= 0.6 is 12.2 Å². The smallest absolute Gasteiger partial charge is 0.262 e. The van der Waals surface area contributed by atoms with Gasteiger partial charge >= 0.3 is 0 Å². The molecule has 1 aliphatic rings. The molecule has 3 rings (SSSR count). The number of aromatic hydroxyl groups is 1. The lowest BCUT2D eigenvalue weighted by Crippen LogP contribution is -2.11. The minimum Gasteiger partial charge on any atom is -0.494 e. The van der Waals surface area contributed by atoms with Crippen LogP contribution in [-0.2, 0) is 0 Å². The fourth-order valence-electron chi connectivity index (χ4n) is 1.81. The molecule has 0 radical (unpaired) electrons. The Morgan fingerprint density at radius 3 is 3.00 bits per heavy atom. The second kappa shape index (κ2) is 4.29. The van der Waals surface area contributed by atoms with E-state index < -0.39 is 5.56 Å². The number of aromatic amines is 2. The van der Waals surface area contributed by atoms with Crippen molar-refractivity contribution in [3.05, 3.63) is 44.6 Å². The summed E-state index contributed by atoms with van der Waals surface area (Å²) < 4.78 is 0.0757. The summed E-state index contributed by atoms with van der Waals surface area (Å²) in [6.45, 7) is 0. The molecule has 0 aromatic carbocycles. The van der Waals surface area contributed by atoms with Crippen LogP contribution in [0.4, 0.5) is 5.82 Å². The van der Waals surface area contributed by atoms with Gasteiger partial charge in [0.05, 0.1) is 0 Å². The number of rotatable bonds is 1. The molecule has 3 N–H and O–H groups in total. The van der Waals surface area contributed by atoms with Crippen molar-refractivity contribution < 1.29 is 5.11 Å². The Kier molecular flexibility index (Phi) is 2.60. The molecule has 0 saturated carbocycles. The van der Waals surface area contributed by atoms with E-state index in [1.807, 2.05) is 6.07 Å². The fraction of sp³-hybridized carbons (Fsp3) is 0. The van der Waals surface area contributed by atoms with Crippen LogP contribution in [0, 0.1) is 4.77 Å². The van der Waals surface area contributed by atoms with E-state index in [2.05, 4.69) is 19.9 Å². The van der Waals surface area contributed by atoms with Gasteiger partial charge in [-0.2, -0.15) is 0 Å². The third-order valence-corrected chi connectivity index (χ3v) is 2.89. The third-order valence-electron chi connectivity index (χ3n) is 2.68. The van der Waals surface area contributed by atoms with Gasteiger partial charge in [-0.15, -0.1) is 0 Å². The quantitative estimate of drug-likeness (QED) is 0.690. The molecule has 19 heavy (non-hydrogen) atoms. The lowest BCUT2D eigenvalue weighted by molar-refractivity contribution is 0.448. The molecule has 6 nitrogen and oxygen atoms in total. The van der Waals surface area contributed by atoms with Crippen LogP contribution in [0.15, 0.2) is 28.1 Å². The topological polar surface area (TPSA) is 94.1 Å². The maximum Gasteiger partial charge on any atom is 0.262 e. The average Bonchev–Trinajstić information content (AvgIpc) is 2.77. The summed E-state index contributed by atoms with van der Waals surface area (Å²) >= 11 is 4.76. The molecule has 0 fully saturated rings. The summed E-state index contributed by atoms with van der Waals surface area (Å²) in [4.78, 5) is 24.9. The minimum atomic E-state index is -0.459. The number of nitrogens with one attached hydrogen (secondary N) is 2. The van der Waals surface area contributed by atoms with Crippen molar-refractivity contribution in [2.45, 2.75) is 0 Å². The highest BCUT2D eigenvalue weighted by Gasteiger charge is 2.14. The summed E-state index contributed by atoms with van der Waals surface area (Å²) in [5, 5.41) is 9.73. The van der Waals surface area contributed by atoms with E-state index in [9.17, 15) is 9.90 Å². The average molecular weight is 272 g/mol. The molecule has 3 heterocycles. The van der Waals surface area contributed by atoms with Gasteiger partial charge in [-0.05, 0) is 30.4 Å². The third kappa shape index (κ3) is 2.00. The monoisotopic (exact) mass is 272 g/mol. The molecule has 0 unspecified atom stereocenters. The highest BCUT2D eigenvalue weighted by atomic mass is 32.1. The molecule has 1 aliphatic heterocycles. The number of aliphatic imine (C=N–C) groups is 1.